The largest absolute Gasteiger partial charge is 0.353 e. The zero-order valence-electron chi connectivity index (χ0n) is 15.9. The molecule has 0 unspecified atom stereocenters. The number of piperidine rings is 1. The average molecular weight is 383 g/mol. The van der Waals surface area contributed by atoms with E-state index in [1.165, 1.54) is 0 Å². The van der Waals surface area contributed by atoms with Crippen molar-refractivity contribution in [2.24, 2.45) is 0 Å². The lowest BCUT2D eigenvalue weighted by Crippen LogP contribution is -2.48. The summed E-state index contributed by atoms with van der Waals surface area (Å²) in [6.45, 7) is 6.64. The zero-order valence-corrected chi connectivity index (χ0v) is 15.9. The standard InChI is InChI=1S/C19H25N7O2/c1-5-20-17(21-6-1)26-12-10-24(11-13-26)16-2-7-22-18(23-16)25-8-3-19(4-9-25)27-14-15-28-19/h1-2,5-7H,3-4,8-15H2. The van der Waals surface area contributed by atoms with E-state index in [1.54, 1.807) is 12.4 Å². The fraction of sp³-hybridized carbons (Fsp3) is 0.579. The van der Waals surface area contributed by atoms with Crippen molar-refractivity contribution in [3.8, 4) is 0 Å². The predicted octanol–water partition coefficient (Wildman–Crippen LogP) is 0.936. The van der Waals surface area contributed by atoms with E-state index in [4.69, 9.17) is 14.5 Å². The first-order valence-electron chi connectivity index (χ1n) is 9.94. The maximum Gasteiger partial charge on any atom is 0.227 e. The monoisotopic (exact) mass is 383 g/mol. The van der Waals surface area contributed by atoms with Crippen LogP contribution in [0, 0.1) is 0 Å². The van der Waals surface area contributed by atoms with Gasteiger partial charge in [-0.15, -0.1) is 0 Å². The molecule has 5 heterocycles. The molecule has 0 atom stereocenters. The minimum absolute atomic E-state index is 0.371. The third-order valence-electron chi connectivity index (χ3n) is 5.69. The van der Waals surface area contributed by atoms with Crippen LogP contribution < -0.4 is 14.7 Å². The molecule has 5 rings (SSSR count). The topological polar surface area (TPSA) is 79.7 Å². The molecule has 9 nitrogen and oxygen atoms in total. The molecule has 0 bridgehead atoms. The number of aromatic nitrogens is 4. The molecule has 148 valence electrons. The minimum Gasteiger partial charge on any atom is -0.353 e. The van der Waals surface area contributed by atoms with Crippen LogP contribution in [0.4, 0.5) is 17.7 Å². The van der Waals surface area contributed by atoms with Crippen LogP contribution in [-0.4, -0.2) is 78.2 Å². The van der Waals surface area contributed by atoms with Gasteiger partial charge < -0.3 is 24.2 Å². The fourth-order valence-corrected chi connectivity index (χ4v) is 4.09. The van der Waals surface area contributed by atoms with Crippen molar-refractivity contribution in [3.05, 3.63) is 30.7 Å². The first-order chi connectivity index (χ1) is 13.8. The van der Waals surface area contributed by atoms with Gasteiger partial charge in [0.2, 0.25) is 11.9 Å². The summed E-state index contributed by atoms with van der Waals surface area (Å²) in [6, 6.07) is 3.84. The molecule has 0 amide bonds. The molecule has 0 N–H and O–H groups in total. The van der Waals surface area contributed by atoms with Gasteiger partial charge in [-0.25, -0.2) is 15.0 Å². The van der Waals surface area contributed by atoms with E-state index in [9.17, 15) is 0 Å². The van der Waals surface area contributed by atoms with Gasteiger partial charge in [-0.1, -0.05) is 0 Å². The van der Waals surface area contributed by atoms with E-state index in [-0.39, 0.29) is 5.79 Å². The second-order valence-corrected chi connectivity index (χ2v) is 7.33. The van der Waals surface area contributed by atoms with E-state index in [1.807, 2.05) is 18.3 Å². The molecule has 28 heavy (non-hydrogen) atoms. The Balaban J connectivity index is 1.22. The summed E-state index contributed by atoms with van der Waals surface area (Å²) in [6.07, 6.45) is 7.15. The summed E-state index contributed by atoms with van der Waals surface area (Å²) < 4.78 is 11.6. The van der Waals surface area contributed by atoms with Gasteiger partial charge in [0.1, 0.15) is 5.82 Å². The summed E-state index contributed by atoms with van der Waals surface area (Å²) in [5.74, 6) is 2.19. The molecule has 0 radical (unpaired) electrons. The van der Waals surface area contributed by atoms with Crippen molar-refractivity contribution in [2.45, 2.75) is 18.6 Å². The molecule has 3 saturated heterocycles. The van der Waals surface area contributed by atoms with Crippen LogP contribution in [0.5, 0.6) is 0 Å². The van der Waals surface area contributed by atoms with Gasteiger partial charge >= 0.3 is 0 Å². The van der Waals surface area contributed by atoms with Gasteiger partial charge in [-0.05, 0) is 12.1 Å². The van der Waals surface area contributed by atoms with Crippen molar-refractivity contribution >= 4 is 17.7 Å². The summed E-state index contributed by atoms with van der Waals surface area (Å²) in [4.78, 5) is 24.8. The molecule has 3 aliphatic heterocycles. The van der Waals surface area contributed by atoms with Crippen LogP contribution in [0.25, 0.3) is 0 Å². The summed E-state index contributed by atoms with van der Waals surface area (Å²) in [5.41, 5.74) is 0. The highest BCUT2D eigenvalue weighted by Crippen LogP contribution is 2.32. The van der Waals surface area contributed by atoms with Gasteiger partial charge in [0, 0.05) is 70.7 Å². The molecule has 0 aromatic carbocycles. The van der Waals surface area contributed by atoms with Crippen molar-refractivity contribution < 1.29 is 9.47 Å². The van der Waals surface area contributed by atoms with Gasteiger partial charge in [-0.2, -0.15) is 4.98 Å². The predicted molar refractivity (Wildman–Crippen MR) is 105 cm³/mol. The number of hydrogen-bond donors (Lipinski definition) is 0. The van der Waals surface area contributed by atoms with E-state index < -0.39 is 0 Å². The van der Waals surface area contributed by atoms with Crippen LogP contribution in [-0.2, 0) is 9.47 Å². The van der Waals surface area contributed by atoms with Gasteiger partial charge in [0.15, 0.2) is 5.79 Å². The molecule has 2 aromatic heterocycles. The molecular weight excluding hydrogens is 358 g/mol. The highest BCUT2D eigenvalue weighted by molar-refractivity contribution is 5.46. The van der Waals surface area contributed by atoms with E-state index in [0.717, 1.165) is 69.8 Å². The van der Waals surface area contributed by atoms with E-state index in [0.29, 0.717) is 13.2 Å². The Morgan fingerprint density at radius 1 is 0.714 bits per heavy atom. The Morgan fingerprint density at radius 2 is 1.32 bits per heavy atom. The lowest BCUT2D eigenvalue weighted by Gasteiger charge is -2.38. The maximum absolute atomic E-state index is 5.82. The van der Waals surface area contributed by atoms with Gasteiger partial charge in [0.25, 0.3) is 0 Å². The van der Waals surface area contributed by atoms with Crippen molar-refractivity contribution in [3.63, 3.8) is 0 Å². The Morgan fingerprint density at radius 3 is 2.04 bits per heavy atom. The van der Waals surface area contributed by atoms with Crippen LogP contribution in [0.1, 0.15) is 12.8 Å². The Labute approximate surface area is 164 Å². The SMILES string of the molecule is c1cnc(N2CCN(c3ccnc(N4CCC5(CC4)OCCO5)n3)CC2)nc1. The quantitative estimate of drug-likeness (QED) is 0.769. The molecule has 3 fully saturated rings. The second-order valence-electron chi connectivity index (χ2n) is 7.33. The molecule has 1 spiro atoms. The summed E-state index contributed by atoms with van der Waals surface area (Å²) in [5, 5.41) is 0. The zero-order chi connectivity index (χ0) is 18.8. The Hall–Kier alpha value is -2.52. The number of ether oxygens (including phenoxy) is 2. The molecule has 9 heteroatoms. The first kappa shape index (κ1) is 17.6. The number of anilines is 3. The number of piperazine rings is 1. The third-order valence-corrected chi connectivity index (χ3v) is 5.69. The van der Waals surface area contributed by atoms with Gasteiger partial charge in [-0.3, -0.25) is 0 Å². The lowest BCUT2D eigenvalue weighted by atomic mass is 10.0. The summed E-state index contributed by atoms with van der Waals surface area (Å²) >= 11 is 0. The Kier molecular flexibility index (Phi) is 4.69. The van der Waals surface area contributed by atoms with E-state index >= 15 is 0 Å². The number of rotatable bonds is 3. The van der Waals surface area contributed by atoms with E-state index in [2.05, 4.69) is 29.7 Å². The van der Waals surface area contributed by atoms with Crippen molar-refractivity contribution in [1.29, 1.82) is 0 Å². The molecule has 0 aliphatic carbocycles. The smallest absolute Gasteiger partial charge is 0.227 e. The third kappa shape index (κ3) is 3.47. The highest BCUT2D eigenvalue weighted by Gasteiger charge is 2.40. The number of hydrogen-bond acceptors (Lipinski definition) is 9. The fourth-order valence-electron chi connectivity index (χ4n) is 4.09. The van der Waals surface area contributed by atoms with Gasteiger partial charge in [0.05, 0.1) is 13.2 Å². The highest BCUT2D eigenvalue weighted by atomic mass is 16.7. The molecular formula is C19H25N7O2. The Bertz CT molecular complexity index is 782. The van der Waals surface area contributed by atoms with Crippen LogP contribution in [0.3, 0.4) is 0 Å². The van der Waals surface area contributed by atoms with Crippen LogP contribution in [0.15, 0.2) is 30.7 Å². The normalized spacial score (nSPS) is 22.1. The lowest BCUT2D eigenvalue weighted by molar-refractivity contribution is -0.169. The second kappa shape index (κ2) is 7.48. The average Bonchev–Trinajstić information content (AvgIpc) is 3.23. The van der Waals surface area contributed by atoms with Crippen LogP contribution >= 0.6 is 0 Å². The van der Waals surface area contributed by atoms with Crippen molar-refractivity contribution in [2.75, 3.05) is 67.2 Å². The minimum atomic E-state index is -0.371. The molecule has 0 saturated carbocycles. The number of nitrogens with zero attached hydrogens (tertiary/aromatic N) is 7. The maximum atomic E-state index is 5.82. The summed E-state index contributed by atoms with van der Waals surface area (Å²) in [7, 11) is 0. The van der Waals surface area contributed by atoms with Crippen LogP contribution in [0.2, 0.25) is 0 Å². The van der Waals surface area contributed by atoms with Crippen molar-refractivity contribution in [1.82, 2.24) is 19.9 Å². The first-order valence-corrected chi connectivity index (χ1v) is 9.94. The molecule has 2 aromatic rings. The molecule has 3 aliphatic rings.